The molecule has 0 spiro atoms. The summed E-state index contributed by atoms with van der Waals surface area (Å²) in [6.45, 7) is 0.267. The van der Waals surface area contributed by atoms with Gasteiger partial charge < -0.3 is 10.4 Å². The molecule has 0 bridgehead atoms. The highest BCUT2D eigenvalue weighted by atomic mass is 32.1. The van der Waals surface area contributed by atoms with E-state index in [9.17, 15) is 4.79 Å². The minimum atomic E-state index is -0.284. The Morgan fingerprint density at radius 1 is 1.48 bits per heavy atom. The third-order valence-corrected chi connectivity index (χ3v) is 4.25. The number of aromatic nitrogens is 3. The van der Waals surface area contributed by atoms with Crippen LogP contribution in [0.2, 0.25) is 0 Å². The summed E-state index contributed by atoms with van der Waals surface area (Å²) in [5, 5.41) is 20.0. The highest BCUT2D eigenvalue weighted by Crippen LogP contribution is 2.26. The average Bonchev–Trinajstić information content (AvgIpc) is 3.21. The molecule has 6 nitrogen and oxygen atoms in total. The first-order valence-electron chi connectivity index (χ1n) is 6.20. The number of carbonyl (C=O) groups is 1. The molecular weight excluding hydrogens is 308 g/mol. The summed E-state index contributed by atoms with van der Waals surface area (Å²) in [4.78, 5) is 17.0. The van der Waals surface area contributed by atoms with Crippen LogP contribution in [0.25, 0.3) is 10.6 Å². The molecular formula is C13H12N4O2S2. The molecule has 0 saturated heterocycles. The van der Waals surface area contributed by atoms with E-state index in [0.29, 0.717) is 18.1 Å². The van der Waals surface area contributed by atoms with Crippen molar-refractivity contribution in [3.8, 4) is 10.6 Å². The number of aliphatic hydroxyl groups excluding tert-OH is 1. The van der Waals surface area contributed by atoms with Gasteiger partial charge in [-0.1, -0.05) is 6.07 Å². The number of hydrogen-bond donors (Lipinski definition) is 2. The Kier molecular flexibility index (Phi) is 4.09. The van der Waals surface area contributed by atoms with Crippen molar-refractivity contribution in [2.75, 3.05) is 11.9 Å². The van der Waals surface area contributed by atoms with E-state index in [1.807, 2.05) is 17.5 Å². The Bertz CT molecular complexity index is 720. The van der Waals surface area contributed by atoms with E-state index in [-0.39, 0.29) is 12.5 Å². The number of thiazole rings is 1. The molecule has 0 aliphatic carbocycles. The van der Waals surface area contributed by atoms with E-state index in [2.05, 4.69) is 15.4 Å². The number of aliphatic hydroxyl groups is 1. The van der Waals surface area contributed by atoms with Crippen LogP contribution in [-0.4, -0.2) is 32.4 Å². The van der Waals surface area contributed by atoms with Crippen molar-refractivity contribution in [2.45, 2.75) is 6.54 Å². The number of nitrogens with one attached hydrogen (secondary N) is 1. The number of carbonyl (C=O) groups excluding carboxylic acids is 1. The quantitative estimate of drug-likeness (QED) is 0.756. The zero-order chi connectivity index (χ0) is 14.7. The molecule has 0 aliphatic rings. The van der Waals surface area contributed by atoms with Gasteiger partial charge in [-0.05, 0) is 11.4 Å². The number of hydrogen-bond acceptors (Lipinski definition) is 6. The van der Waals surface area contributed by atoms with E-state index in [4.69, 9.17) is 5.11 Å². The van der Waals surface area contributed by atoms with Gasteiger partial charge in [-0.15, -0.1) is 22.7 Å². The lowest BCUT2D eigenvalue weighted by molar-refractivity contribution is 0.102. The monoisotopic (exact) mass is 320 g/mol. The van der Waals surface area contributed by atoms with Crippen LogP contribution >= 0.6 is 22.7 Å². The average molecular weight is 320 g/mol. The van der Waals surface area contributed by atoms with Gasteiger partial charge in [0.05, 0.1) is 23.5 Å². The summed E-state index contributed by atoms with van der Waals surface area (Å²) in [6, 6.07) is 5.70. The topological polar surface area (TPSA) is 80.0 Å². The fourth-order valence-electron chi connectivity index (χ4n) is 1.83. The largest absolute Gasteiger partial charge is 0.394 e. The second-order valence-electron chi connectivity index (χ2n) is 4.17. The third kappa shape index (κ3) is 3.02. The van der Waals surface area contributed by atoms with E-state index < -0.39 is 0 Å². The minimum Gasteiger partial charge on any atom is -0.394 e. The molecule has 8 heteroatoms. The summed E-state index contributed by atoms with van der Waals surface area (Å²) in [6.07, 6.45) is 0. The van der Waals surface area contributed by atoms with Crippen LogP contribution in [0.3, 0.4) is 0 Å². The van der Waals surface area contributed by atoms with Crippen molar-refractivity contribution in [1.82, 2.24) is 14.8 Å². The maximum Gasteiger partial charge on any atom is 0.276 e. The first-order chi connectivity index (χ1) is 10.3. The van der Waals surface area contributed by atoms with Crippen molar-refractivity contribution in [1.29, 1.82) is 0 Å². The second kappa shape index (κ2) is 6.17. The molecule has 0 radical (unpaired) electrons. The smallest absolute Gasteiger partial charge is 0.276 e. The van der Waals surface area contributed by atoms with Gasteiger partial charge in [0.25, 0.3) is 5.91 Å². The van der Waals surface area contributed by atoms with Gasteiger partial charge in [0.1, 0.15) is 17.2 Å². The molecule has 1 amide bonds. The van der Waals surface area contributed by atoms with E-state index >= 15 is 0 Å². The van der Waals surface area contributed by atoms with E-state index in [1.54, 1.807) is 33.0 Å². The normalized spacial score (nSPS) is 10.7. The zero-order valence-corrected chi connectivity index (χ0v) is 12.5. The van der Waals surface area contributed by atoms with Gasteiger partial charge in [-0.3, -0.25) is 4.79 Å². The number of nitrogens with zero attached hydrogens (tertiary/aromatic N) is 3. The van der Waals surface area contributed by atoms with Gasteiger partial charge in [0.15, 0.2) is 0 Å². The number of rotatable bonds is 5. The van der Waals surface area contributed by atoms with Gasteiger partial charge in [-0.25, -0.2) is 9.67 Å². The third-order valence-electron chi connectivity index (χ3n) is 2.77. The highest BCUT2D eigenvalue weighted by molar-refractivity contribution is 7.13. The maximum atomic E-state index is 12.1. The molecule has 3 heterocycles. The van der Waals surface area contributed by atoms with Crippen molar-refractivity contribution < 1.29 is 9.90 Å². The van der Waals surface area contributed by atoms with Crippen LogP contribution in [-0.2, 0) is 6.54 Å². The van der Waals surface area contributed by atoms with Gasteiger partial charge >= 0.3 is 0 Å². The molecule has 0 saturated carbocycles. The molecule has 108 valence electrons. The Morgan fingerprint density at radius 2 is 2.38 bits per heavy atom. The molecule has 0 aromatic carbocycles. The Hall–Kier alpha value is -2.03. The van der Waals surface area contributed by atoms with Gasteiger partial charge in [-0.2, -0.15) is 5.10 Å². The molecule has 2 N–H and O–H groups in total. The molecule has 0 aliphatic heterocycles. The Balaban J connectivity index is 1.88. The predicted octanol–water partition coefficient (Wildman–Crippen LogP) is 2.31. The summed E-state index contributed by atoms with van der Waals surface area (Å²) in [5.41, 5.74) is 2.75. The van der Waals surface area contributed by atoms with Crippen LogP contribution < -0.4 is 5.32 Å². The maximum absolute atomic E-state index is 12.1. The summed E-state index contributed by atoms with van der Waals surface area (Å²) >= 11 is 2.93. The molecule has 3 rings (SSSR count). The molecule has 0 unspecified atom stereocenters. The predicted molar refractivity (Wildman–Crippen MR) is 82.7 cm³/mol. The number of thiophene rings is 1. The van der Waals surface area contributed by atoms with Gasteiger partial charge in [0, 0.05) is 11.4 Å². The van der Waals surface area contributed by atoms with Crippen LogP contribution in [0.15, 0.2) is 34.5 Å². The van der Waals surface area contributed by atoms with Crippen LogP contribution in [0.5, 0.6) is 0 Å². The lowest BCUT2D eigenvalue weighted by Gasteiger charge is -2.05. The number of anilines is 1. The molecule has 21 heavy (non-hydrogen) atoms. The standard InChI is InChI=1S/C13H12N4O2S2/c18-4-3-17-12(15-13(19)10-7-20-8-14-10)6-9(16-17)11-2-1-5-21-11/h1-2,5-8,18H,3-4H2,(H,15,19). The first kappa shape index (κ1) is 13.9. The van der Waals surface area contributed by atoms with Crippen LogP contribution in [0.1, 0.15) is 10.5 Å². The lowest BCUT2D eigenvalue weighted by Crippen LogP contribution is -2.16. The molecule has 0 fully saturated rings. The zero-order valence-electron chi connectivity index (χ0n) is 10.9. The number of amides is 1. The first-order valence-corrected chi connectivity index (χ1v) is 8.02. The fourth-order valence-corrected chi connectivity index (χ4v) is 3.05. The second-order valence-corrected chi connectivity index (χ2v) is 5.83. The van der Waals surface area contributed by atoms with E-state index in [0.717, 1.165) is 10.6 Å². The SMILES string of the molecule is O=C(Nc1cc(-c2cccs2)nn1CCO)c1cscn1. The Morgan fingerprint density at radius 3 is 3.05 bits per heavy atom. The van der Waals surface area contributed by atoms with Crippen molar-refractivity contribution in [2.24, 2.45) is 0 Å². The Labute approximate surface area is 128 Å². The fraction of sp³-hybridized carbons (Fsp3) is 0.154. The lowest BCUT2D eigenvalue weighted by atomic mass is 10.3. The molecule has 3 aromatic heterocycles. The summed E-state index contributed by atoms with van der Waals surface area (Å²) in [5.74, 6) is 0.263. The summed E-state index contributed by atoms with van der Waals surface area (Å²) < 4.78 is 1.58. The van der Waals surface area contributed by atoms with Crippen molar-refractivity contribution >= 4 is 34.4 Å². The van der Waals surface area contributed by atoms with Gasteiger partial charge in [0.2, 0.25) is 0 Å². The van der Waals surface area contributed by atoms with Crippen LogP contribution in [0.4, 0.5) is 5.82 Å². The van der Waals surface area contributed by atoms with E-state index in [1.165, 1.54) is 11.3 Å². The molecule has 0 atom stereocenters. The summed E-state index contributed by atoms with van der Waals surface area (Å²) in [7, 11) is 0. The highest BCUT2D eigenvalue weighted by Gasteiger charge is 2.14. The van der Waals surface area contributed by atoms with Crippen molar-refractivity contribution in [3.63, 3.8) is 0 Å². The van der Waals surface area contributed by atoms with Crippen LogP contribution in [0, 0.1) is 0 Å². The minimum absolute atomic E-state index is 0.0505. The molecule has 3 aromatic rings. The van der Waals surface area contributed by atoms with Crippen molar-refractivity contribution in [3.05, 3.63) is 40.2 Å².